The summed E-state index contributed by atoms with van der Waals surface area (Å²) in [6.45, 7) is 3.07. The van der Waals surface area contributed by atoms with Gasteiger partial charge in [-0.25, -0.2) is 0 Å². The predicted octanol–water partition coefficient (Wildman–Crippen LogP) is 5.55. The number of benzene rings is 1. The minimum Gasteiger partial charge on any atom is -0.494 e. The Balaban J connectivity index is 1.76. The standard InChI is InChI=1S/C20H28O/c1-3-5-6-7-16-21-20-14-12-19(13-15-20)18-10-8-17(4-2)9-11-18/h2,12-15,17-18H,3,5-11,16H2,1H3/t17-,18-. The quantitative estimate of drug-likeness (QED) is 0.471. The van der Waals surface area contributed by atoms with Crippen molar-refractivity contribution in [3.05, 3.63) is 29.8 Å². The van der Waals surface area contributed by atoms with Crippen LogP contribution in [0.3, 0.4) is 0 Å². The molecular formula is C20H28O. The Morgan fingerprint density at radius 1 is 1.05 bits per heavy atom. The minimum atomic E-state index is 0.506. The molecule has 0 aliphatic heterocycles. The van der Waals surface area contributed by atoms with Crippen molar-refractivity contribution >= 4 is 0 Å². The number of rotatable bonds is 7. The van der Waals surface area contributed by atoms with Crippen LogP contribution in [-0.2, 0) is 0 Å². The summed E-state index contributed by atoms with van der Waals surface area (Å²) in [5.74, 6) is 5.10. The zero-order valence-corrected chi connectivity index (χ0v) is 13.3. The molecule has 0 unspecified atom stereocenters. The molecule has 0 aromatic heterocycles. The second-order valence-electron chi connectivity index (χ2n) is 6.19. The molecular weight excluding hydrogens is 256 g/mol. The molecule has 0 heterocycles. The van der Waals surface area contributed by atoms with E-state index in [0.29, 0.717) is 11.8 Å². The van der Waals surface area contributed by atoms with Crippen LogP contribution in [0, 0.1) is 18.3 Å². The van der Waals surface area contributed by atoms with Gasteiger partial charge in [0.05, 0.1) is 6.61 Å². The van der Waals surface area contributed by atoms with Crippen LogP contribution in [0.2, 0.25) is 0 Å². The molecule has 1 nitrogen and oxygen atoms in total. The fourth-order valence-electron chi connectivity index (χ4n) is 3.15. The normalized spacial score (nSPS) is 21.7. The Bertz CT molecular complexity index is 432. The maximum Gasteiger partial charge on any atom is 0.119 e. The van der Waals surface area contributed by atoms with E-state index in [-0.39, 0.29) is 0 Å². The Morgan fingerprint density at radius 3 is 2.38 bits per heavy atom. The largest absolute Gasteiger partial charge is 0.494 e. The van der Waals surface area contributed by atoms with Crippen LogP contribution in [0.15, 0.2) is 24.3 Å². The molecule has 0 saturated heterocycles. The van der Waals surface area contributed by atoms with E-state index in [4.69, 9.17) is 11.2 Å². The summed E-state index contributed by atoms with van der Waals surface area (Å²) < 4.78 is 5.80. The van der Waals surface area contributed by atoms with Crippen LogP contribution in [0.1, 0.15) is 69.8 Å². The summed E-state index contributed by atoms with van der Waals surface area (Å²) in [4.78, 5) is 0. The lowest BCUT2D eigenvalue weighted by atomic mass is 9.79. The van der Waals surface area contributed by atoms with Gasteiger partial charge in [-0.2, -0.15) is 0 Å². The predicted molar refractivity (Wildman–Crippen MR) is 89.6 cm³/mol. The Hall–Kier alpha value is -1.42. The van der Waals surface area contributed by atoms with Gasteiger partial charge in [-0.15, -0.1) is 12.3 Å². The van der Waals surface area contributed by atoms with Gasteiger partial charge in [0.1, 0.15) is 5.75 Å². The topological polar surface area (TPSA) is 9.23 Å². The van der Waals surface area contributed by atoms with Crippen molar-refractivity contribution in [3.8, 4) is 18.1 Å². The number of hydrogen-bond donors (Lipinski definition) is 0. The molecule has 0 N–H and O–H groups in total. The van der Waals surface area contributed by atoms with Crippen LogP contribution in [-0.4, -0.2) is 6.61 Å². The van der Waals surface area contributed by atoms with E-state index < -0.39 is 0 Å². The molecule has 0 bridgehead atoms. The third-order valence-electron chi connectivity index (χ3n) is 4.58. The van der Waals surface area contributed by atoms with Gasteiger partial charge >= 0.3 is 0 Å². The molecule has 1 aliphatic rings. The summed E-state index contributed by atoms with van der Waals surface area (Å²) in [5, 5.41) is 0. The lowest BCUT2D eigenvalue weighted by Crippen LogP contribution is -2.11. The molecule has 0 atom stereocenters. The molecule has 0 amide bonds. The van der Waals surface area contributed by atoms with Crippen molar-refractivity contribution in [1.29, 1.82) is 0 Å². The molecule has 1 saturated carbocycles. The highest BCUT2D eigenvalue weighted by molar-refractivity contribution is 5.29. The Kier molecular flexibility index (Phi) is 6.67. The van der Waals surface area contributed by atoms with Gasteiger partial charge in [-0.3, -0.25) is 0 Å². The third kappa shape index (κ3) is 5.12. The van der Waals surface area contributed by atoms with Crippen molar-refractivity contribution in [2.24, 2.45) is 5.92 Å². The molecule has 1 aromatic carbocycles. The van der Waals surface area contributed by atoms with Crippen molar-refractivity contribution in [2.45, 2.75) is 64.2 Å². The lowest BCUT2D eigenvalue weighted by molar-refractivity contribution is 0.304. The summed E-state index contributed by atoms with van der Waals surface area (Å²) in [5.41, 5.74) is 1.45. The fraction of sp³-hybridized carbons (Fsp3) is 0.600. The smallest absolute Gasteiger partial charge is 0.119 e. The second-order valence-corrected chi connectivity index (χ2v) is 6.19. The number of unbranched alkanes of at least 4 members (excludes halogenated alkanes) is 3. The summed E-state index contributed by atoms with van der Waals surface area (Å²) in [7, 11) is 0. The first-order valence-electron chi connectivity index (χ1n) is 8.52. The molecule has 1 aromatic rings. The van der Waals surface area contributed by atoms with E-state index in [1.165, 1.54) is 50.5 Å². The van der Waals surface area contributed by atoms with Gasteiger partial charge in [0.2, 0.25) is 0 Å². The average molecular weight is 284 g/mol. The first-order valence-corrected chi connectivity index (χ1v) is 8.52. The number of ether oxygens (including phenoxy) is 1. The van der Waals surface area contributed by atoms with E-state index in [1.54, 1.807) is 0 Å². The van der Waals surface area contributed by atoms with E-state index >= 15 is 0 Å². The van der Waals surface area contributed by atoms with E-state index in [9.17, 15) is 0 Å². The van der Waals surface area contributed by atoms with E-state index in [0.717, 1.165) is 18.8 Å². The van der Waals surface area contributed by atoms with Crippen molar-refractivity contribution in [3.63, 3.8) is 0 Å². The van der Waals surface area contributed by atoms with Crippen LogP contribution in [0.4, 0.5) is 0 Å². The maximum absolute atomic E-state index is 5.80. The van der Waals surface area contributed by atoms with Gasteiger partial charge < -0.3 is 4.74 Å². The van der Waals surface area contributed by atoms with Gasteiger partial charge in [-0.05, 0) is 55.7 Å². The highest BCUT2D eigenvalue weighted by Crippen LogP contribution is 2.35. The summed E-state index contributed by atoms with van der Waals surface area (Å²) in [6.07, 6.45) is 15.3. The molecule has 2 rings (SSSR count). The monoisotopic (exact) mass is 284 g/mol. The van der Waals surface area contributed by atoms with Gasteiger partial charge in [0.25, 0.3) is 0 Å². The molecule has 0 spiro atoms. The molecule has 0 radical (unpaired) electrons. The van der Waals surface area contributed by atoms with Gasteiger partial charge in [-0.1, -0.05) is 38.3 Å². The average Bonchev–Trinajstić information content (AvgIpc) is 2.55. The van der Waals surface area contributed by atoms with E-state index in [2.05, 4.69) is 37.1 Å². The molecule has 1 fully saturated rings. The van der Waals surface area contributed by atoms with Crippen LogP contribution < -0.4 is 4.74 Å². The number of hydrogen-bond acceptors (Lipinski definition) is 1. The molecule has 21 heavy (non-hydrogen) atoms. The maximum atomic E-state index is 5.80. The molecule has 1 heteroatoms. The van der Waals surface area contributed by atoms with Gasteiger partial charge in [0, 0.05) is 5.92 Å². The highest BCUT2D eigenvalue weighted by atomic mass is 16.5. The lowest BCUT2D eigenvalue weighted by Gasteiger charge is -2.26. The second kappa shape index (κ2) is 8.78. The van der Waals surface area contributed by atoms with Crippen LogP contribution >= 0.6 is 0 Å². The highest BCUT2D eigenvalue weighted by Gasteiger charge is 2.20. The van der Waals surface area contributed by atoms with Crippen molar-refractivity contribution in [2.75, 3.05) is 6.61 Å². The molecule has 1 aliphatic carbocycles. The number of terminal acetylenes is 1. The SMILES string of the molecule is C#C[C@H]1CC[C@H](c2ccc(OCCCCCC)cc2)CC1. The zero-order valence-electron chi connectivity index (χ0n) is 13.3. The Morgan fingerprint density at radius 2 is 1.76 bits per heavy atom. The molecule has 114 valence electrons. The first kappa shape index (κ1) is 16.0. The fourth-order valence-corrected chi connectivity index (χ4v) is 3.15. The van der Waals surface area contributed by atoms with Crippen LogP contribution in [0.5, 0.6) is 5.75 Å². The Labute approximate surface area is 130 Å². The van der Waals surface area contributed by atoms with Gasteiger partial charge in [0.15, 0.2) is 0 Å². The zero-order chi connectivity index (χ0) is 14.9. The first-order chi connectivity index (χ1) is 10.3. The minimum absolute atomic E-state index is 0.506. The van der Waals surface area contributed by atoms with E-state index in [1.807, 2.05) is 0 Å². The van der Waals surface area contributed by atoms with Crippen molar-refractivity contribution < 1.29 is 4.74 Å². The van der Waals surface area contributed by atoms with Crippen molar-refractivity contribution in [1.82, 2.24) is 0 Å². The summed E-state index contributed by atoms with van der Waals surface area (Å²) >= 11 is 0. The third-order valence-corrected chi connectivity index (χ3v) is 4.58. The summed E-state index contributed by atoms with van der Waals surface area (Å²) in [6, 6.07) is 8.73. The van der Waals surface area contributed by atoms with Crippen LogP contribution in [0.25, 0.3) is 0 Å².